The number of nitrogens with zero attached hydrogens (tertiary/aromatic N) is 1. The number of carboxylic acid groups (broad SMARTS) is 1. The van der Waals surface area contributed by atoms with Crippen LogP contribution >= 0.6 is 0 Å². The van der Waals surface area contributed by atoms with Gasteiger partial charge in [0.25, 0.3) is 0 Å². The number of aliphatic hydroxyl groups is 1. The molecule has 0 saturated carbocycles. The molecule has 1 unspecified atom stereocenters. The number of fused-ring (bicyclic) bond motifs is 1. The second-order valence-corrected chi connectivity index (χ2v) is 7.24. The van der Waals surface area contributed by atoms with Gasteiger partial charge in [-0.2, -0.15) is 0 Å². The molecule has 3 aromatic carbocycles. The van der Waals surface area contributed by atoms with Gasteiger partial charge in [-0.25, -0.2) is 4.98 Å². The van der Waals surface area contributed by atoms with Gasteiger partial charge >= 0.3 is 5.97 Å². The molecule has 0 fully saturated rings. The molecule has 4 rings (SSSR count). The average Bonchev–Trinajstić information content (AvgIpc) is 3.18. The van der Waals surface area contributed by atoms with Crippen LogP contribution in [0.2, 0.25) is 0 Å². The van der Waals surface area contributed by atoms with Crippen LogP contribution in [0.25, 0.3) is 33.5 Å². The van der Waals surface area contributed by atoms with Crippen molar-refractivity contribution in [2.45, 2.75) is 19.5 Å². The maximum atomic E-state index is 11.0. The number of hydrogen-bond acceptors (Lipinski definition) is 4. The van der Waals surface area contributed by atoms with Crippen LogP contribution < -0.4 is 5.32 Å². The van der Waals surface area contributed by atoms with E-state index in [2.05, 4.69) is 41.5 Å². The summed E-state index contributed by atoms with van der Waals surface area (Å²) in [6.07, 6.45) is 0. The topological polar surface area (TPSA) is 98.2 Å². The molecule has 6 heteroatoms. The number of carboxylic acids is 1. The lowest BCUT2D eigenvalue weighted by atomic mass is 9.96. The van der Waals surface area contributed by atoms with Crippen LogP contribution in [0.3, 0.4) is 0 Å². The van der Waals surface area contributed by atoms with Gasteiger partial charge in [-0.05, 0) is 41.3 Å². The van der Waals surface area contributed by atoms with Crippen molar-refractivity contribution in [3.05, 3.63) is 77.9 Å². The molecule has 1 atom stereocenters. The van der Waals surface area contributed by atoms with E-state index < -0.39 is 18.6 Å². The van der Waals surface area contributed by atoms with E-state index in [0.717, 1.165) is 39.1 Å². The van der Waals surface area contributed by atoms with E-state index in [1.807, 2.05) is 42.5 Å². The van der Waals surface area contributed by atoms with E-state index in [-0.39, 0.29) is 0 Å². The normalized spacial score (nSPS) is 12.2. The summed E-state index contributed by atoms with van der Waals surface area (Å²) in [6, 6.07) is 21.3. The van der Waals surface area contributed by atoms with Crippen LogP contribution in [-0.2, 0) is 11.3 Å². The van der Waals surface area contributed by atoms with E-state index in [0.29, 0.717) is 6.54 Å². The Labute approximate surface area is 174 Å². The van der Waals surface area contributed by atoms with Gasteiger partial charge in [0.15, 0.2) is 0 Å². The highest BCUT2D eigenvalue weighted by molar-refractivity contribution is 5.83. The number of imidazole rings is 1. The predicted molar refractivity (Wildman–Crippen MR) is 117 cm³/mol. The maximum Gasteiger partial charge on any atom is 0.323 e. The summed E-state index contributed by atoms with van der Waals surface area (Å²) < 4.78 is 0. The first-order valence-electron chi connectivity index (χ1n) is 9.78. The molecule has 6 nitrogen and oxygen atoms in total. The van der Waals surface area contributed by atoms with E-state index in [9.17, 15) is 4.79 Å². The highest BCUT2D eigenvalue weighted by Gasteiger charge is 2.15. The first-order chi connectivity index (χ1) is 14.6. The molecule has 152 valence electrons. The number of rotatable bonds is 7. The molecule has 0 bridgehead atoms. The fourth-order valence-corrected chi connectivity index (χ4v) is 3.59. The summed E-state index contributed by atoms with van der Waals surface area (Å²) in [5.74, 6) is -0.277. The highest BCUT2D eigenvalue weighted by Crippen LogP contribution is 2.31. The van der Waals surface area contributed by atoms with Crippen LogP contribution in [-0.4, -0.2) is 38.8 Å². The van der Waals surface area contributed by atoms with Crippen molar-refractivity contribution in [2.24, 2.45) is 0 Å². The molecule has 0 amide bonds. The lowest BCUT2D eigenvalue weighted by molar-refractivity contribution is -0.140. The van der Waals surface area contributed by atoms with Gasteiger partial charge in [0.2, 0.25) is 0 Å². The van der Waals surface area contributed by atoms with E-state index in [1.54, 1.807) is 0 Å². The minimum absolute atomic E-state index is 0.338. The van der Waals surface area contributed by atoms with E-state index >= 15 is 0 Å². The minimum atomic E-state index is -1.07. The van der Waals surface area contributed by atoms with Crippen molar-refractivity contribution in [2.75, 3.05) is 6.61 Å². The SMILES string of the molecule is Cc1c(-c2ccccc2)cccc1-c1nc2ccc(CNC(CO)C(=O)O)cc2[nH]1. The number of H-pyrrole nitrogens is 1. The standard InChI is InChI=1S/C24H23N3O3/c1-15-18(17-6-3-2-4-7-17)8-5-9-19(15)23-26-20-11-10-16(12-21(20)27-23)13-25-22(14-28)24(29)30/h2-12,22,25,28H,13-14H2,1H3,(H,26,27)(H,29,30). The Kier molecular flexibility index (Phi) is 5.61. The Morgan fingerprint density at radius 1 is 1.07 bits per heavy atom. The number of hydrogen-bond donors (Lipinski definition) is 4. The predicted octanol–water partition coefficient (Wildman–Crippen LogP) is 3.74. The van der Waals surface area contributed by atoms with Gasteiger partial charge in [0, 0.05) is 12.1 Å². The van der Waals surface area contributed by atoms with Crippen molar-refractivity contribution in [3.8, 4) is 22.5 Å². The number of aromatic nitrogens is 2. The molecule has 0 aliphatic heterocycles. The summed E-state index contributed by atoms with van der Waals surface area (Å²) in [7, 11) is 0. The number of carbonyl (C=O) groups is 1. The zero-order valence-corrected chi connectivity index (χ0v) is 16.6. The quantitative estimate of drug-likeness (QED) is 0.378. The molecule has 4 N–H and O–H groups in total. The summed E-state index contributed by atoms with van der Waals surface area (Å²) in [5.41, 5.74) is 7.16. The monoisotopic (exact) mass is 401 g/mol. The number of aliphatic hydroxyl groups excluding tert-OH is 1. The first-order valence-corrected chi connectivity index (χ1v) is 9.78. The Morgan fingerprint density at radius 2 is 1.83 bits per heavy atom. The fourth-order valence-electron chi connectivity index (χ4n) is 3.59. The smallest absolute Gasteiger partial charge is 0.323 e. The van der Waals surface area contributed by atoms with Gasteiger partial charge in [-0.3, -0.25) is 10.1 Å². The third-order valence-electron chi connectivity index (χ3n) is 5.25. The minimum Gasteiger partial charge on any atom is -0.480 e. The number of nitrogens with one attached hydrogen (secondary N) is 2. The van der Waals surface area contributed by atoms with Crippen molar-refractivity contribution >= 4 is 17.0 Å². The summed E-state index contributed by atoms with van der Waals surface area (Å²) in [5, 5.41) is 21.0. The molecule has 0 saturated heterocycles. The third-order valence-corrected chi connectivity index (χ3v) is 5.25. The Balaban J connectivity index is 1.64. The Bertz CT molecular complexity index is 1190. The molecule has 1 heterocycles. The second-order valence-electron chi connectivity index (χ2n) is 7.24. The Hall–Kier alpha value is -3.48. The average molecular weight is 401 g/mol. The highest BCUT2D eigenvalue weighted by atomic mass is 16.4. The van der Waals surface area contributed by atoms with Crippen molar-refractivity contribution in [1.29, 1.82) is 0 Å². The van der Waals surface area contributed by atoms with E-state index in [4.69, 9.17) is 15.2 Å². The van der Waals surface area contributed by atoms with Crippen molar-refractivity contribution in [1.82, 2.24) is 15.3 Å². The third kappa shape index (κ3) is 3.96. The molecule has 1 aromatic heterocycles. The number of benzene rings is 3. The zero-order valence-electron chi connectivity index (χ0n) is 16.6. The lowest BCUT2D eigenvalue weighted by Crippen LogP contribution is -2.39. The summed E-state index contributed by atoms with van der Waals surface area (Å²) >= 11 is 0. The molecule has 0 aliphatic rings. The molecule has 0 spiro atoms. The van der Waals surface area contributed by atoms with Crippen LogP contribution in [0.15, 0.2) is 66.7 Å². The molecule has 0 radical (unpaired) electrons. The largest absolute Gasteiger partial charge is 0.480 e. The maximum absolute atomic E-state index is 11.0. The van der Waals surface area contributed by atoms with Crippen molar-refractivity contribution < 1.29 is 15.0 Å². The lowest BCUT2D eigenvalue weighted by Gasteiger charge is -2.11. The molecule has 0 aliphatic carbocycles. The molecule has 30 heavy (non-hydrogen) atoms. The van der Waals surface area contributed by atoms with Crippen LogP contribution in [0.4, 0.5) is 0 Å². The van der Waals surface area contributed by atoms with Gasteiger partial charge < -0.3 is 15.2 Å². The number of aromatic amines is 1. The zero-order chi connectivity index (χ0) is 21.1. The molecular formula is C24H23N3O3. The Morgan fingerprint density at radius 3 is 2.57 bits per heavy atom. The fraction of sp³-hybridized carbons (Fsp3) is 0.167. The summed E-state index contributed by atoms with van der Waals surface area (Å²) in [6.45, 7) is 1.98. The van der Waals surface area contributed by atoms with Crippen LogP contribution in [0.1, 0.15) is 11.1 Å². The summed E-state index contributed by atoms with van der Waals surface area (Å²) in [4.78, 5) is 19.2. The van der Waals surface area contributed by atoms with Crippen molar-refractivity contribution in [3.63, 3.8) is 0 Å². The van der Waals surface area contributed by atoms with Crippen LogP contribution in [0, 0.1) is 6.92 Å². The van der Waals surface area contributed by atoms with Crippen LogP contribution in [0.5, 0.6) is 0 Å². The van der Waals surface area contributed by atoms with Gasteiger partial charge in [-0.1, -0.05) is 54.6 Å². The van der Waals surface area contributed by atoms with Gasteiger partial charge in [0.05, 0.1) is 17.6 Å². The van der Waals surface area contributed by atoms with Gasteiger partial charge in [0.1, 0.15) is 11.9 Å². The first kappa shape index (κ1) is 19.8. The van der Waals surface area contributed by atoms with E-state index in [1.165, 1.54) is 5.56 Å². The number of aliphatic carboxylic acids is 1. The molecular weight excluding hydrogens is 378 g/mol. The van der Waals surface area contributed by atoms with Gasteiger partial charge in [-0.15, -0.1) is 0 Å². The molecule has 4 aromatic rings. The second kappa shape index (κ2) is 8.49.